The maximum absolute atomic E-state index is 4.38. The molecule has 2 aromatic rings. The predicted octanol–water partition coefficient (Wildman–Crippen LogP) is 0.834. The van der Waals surface area contributed by atoms with E-state index in [-0.39, 0.29) is 0 Å². The molecule has 0 spiro atoms. The van der Waals surface area contributed by atoms with Gasteiger partial charge >= 0.3 is 0 Å². The summed E-state index contributed by atoms with van der Waals surface area (Å²) < 4.78 is 1.95. The zero-order valence-electron chi connectivity index (χ0n) is 7.94. The fourth-order valence-corrected chi connectivity index (χ4v) is 1.35. The van der Waals surface area contributed by atoms with Gasteiger partial charge in [0.05, 0.1) is 0 Å². The highest BCUT2D eigenvalue weighted by Crippen LogP contribution is 2.16. The van der Waals surface area contributed by atoms with Gasteiger partial charge in [-0.05, 0) is 6.07 Å². The molecule has 0 bridgehead atoms. The lowest BCUT2D eigenvalue weighted by molar-refractivity contribution is 0.880. The molecule has 67 valence electrons. The lowest BCUT2D eigenvalue weighted by Crippen LogP contribution is -2.13. The second kappa shape index (κ2) is 2.73. The zero-order valence-corrected chi connectivity index (χ0v) is 7.94. The van der Waals surface area contributed by atoms with Gasteiger partial charge in [-0.3, -0.25) is 4.57 Å². The van der Waals surface area contributed by atoms with Crippen molar-refractivity contribution >= 4 is 17.1 Å². The summed E-state index contributed by atoms with van der Waals surface area (Å²) in [5.41, 5.74) is 1.68. The third-order valence-corrected chi connectivity index (χ3v) is 1.93. The first-order chi connectivity index (χ1) is 6.20. The third kappa shape index (κ3) is 1.14. The molecule has 0 atom stereocenters. The number of aryl methyl sites for hydroxylation is 1. The summed E-state index contributed by atoms with van der Waals surface area (Å²) >= 11 is 0. The van der Waals surface area contributed by atoms with Gasteiger partial charge in [-0.1, -0.05) is 0 Å². The van der Waals surface area contributed by atoms with Gasteiger partial charge in [0.2, 0.25) is 5.95 Å². The summed E-state index contributed by atoms with van der Waals surface area (Å²) in [5, 5.41) is 0. The highest BCUT2D eigenvalue weighted by molar-refractivity contribution is 5.73. The lowest BCUT2D eigenvalue weighted by Gasteiger charge is -2.10. The molecule has 0 unspecified atom stereocenters. The third-order valence-electron chi connectivity index (χ3n) is 1.93. The quantitative estimate of drug-likeness (QED) is 0.644. The van der Waals surface area contributed by atoms with E-state index in [4.69, 9.17) is 0 Å². The number of imidazole rings is 1. The van der Waals surface area contributed by atoms with Crippen LogP contribution in [0.1, 0.15) is 0 Å². The molecule has 0 saturated heterocycles. The van der Waals surface area contributed by atoms with E-state index in [0.29, 0.717) is 0 Å². The number of hydrogen-bond donors (Lipinski definition) is 0. The van der Waals surface area contributed by atoms with Gasteiger partial charge in [0.1, 0.15) is 5.52 Å². The Bertz CT molecular complexity index is 430. The molecular formula is C9H11N4. The minimum atomic E-state index is 0.814. The van der Waals surface area contributed by atoms with Crippen LogP contribution in [0, 0.1) is 6.07 Å². The molecule has 13 heavy (non-hydrogen) atoms. The SMILES string of the molecule is CN(C)c1nc2[c]ccnc2n1C. The van der Waals surface area contributed by atoms with Crippen molar-refractivity contribution < 1.29 is 0 Å². The molecule has 1 radical (unpaired) electrons. The monoisotopic (exact) mass is 175 g/mol. The van der Waals surface area contributed by atoms with Crippen LogP contribution in [0.5, 0.6) is 0 Å². The van der Waals surface area contributed by atoms with Crippen molar-refractivity contribution in [1.82, 2.24) is 14.5 Å². The largest absolute Gasteiger partial charge is 0.348 e. The molecule has 0 saturated carbocycles. The second-order valence-corrected chi connectivity index (χ2v) is 3.13. The first kappa shape index (κ1) is 8.04. The number of fused-ring (bicyclic) bond motifs is 1. The molecule has 0 aromatic carbocycles. The Kier molecular flexibility index (Phi) is 1.69. The van der Waals surface area contributed by atoms with Crippen LogP contribution in [0.25, 0.3) is 11.2 Å². The van der Waals surface area contributed by atoms with Crippen LogP contribution in [0.3, 0.4) is 0 Å². The molecule has 2 aromatic heterocycles. The Labute approximate surface area is 76.8 Å². The summed E-state index contributed by atoms with van der Waals surface area (Å²) in [7, 11) is 5.87. The Morgan fingerprint density at radius 3 is 2.85 bits per heavy atom. The normalized spacial score (nSPS) is 10.7. The van der Waals surface area contributed by atoms with Gasteiger partial charge in [-0.2, -0.15) is 0 Å². The van der Waals surface area contributed by atoms with Gasteiger partial charge in [0.25, 0.3) is 0 Å². The molecule has 2 heterocycles. The fourth-order valence-electron chi connectivity index (χ4n) is 1.35. The van der Waals surface area contributed by atoms with Gasteiger partial charge in [-0.15, -0.1) is 0 Å². The van der Waals surface area contributed by atoms with Crippen LogP contribution in [-0.2, 0) is 7.05 Å². The van der Waals surface area contributed by atoms with E-state index in [9.17, 15) is 0 Å². The van der Waals surface area contributed by atoms with E-state index < -0.39 is 0 Å². The van der Waals surface area contributed by atoms with Gasteiger partial charge in [0.15, 0.2) is 5.65 Å². The zero-order chi connectivity index (χ0) is 9.42. The number of hydrogen-bond acceptors (Lipinski definition) is 3. The van der Waals surface area contributed by atoms with Crippen molar-refractivity contribution in [2.24, 2.45) is 7.05 Å². The Balaban J connectivity index is 2.74. The van der Waals surface area contributed by atoms with E-state index in [1.165, 1.54) is 0 Å². The van der Waals surface area contributed by atoms with Crippen molar-refractivity contribution in [2.45, 2.75) is 0 Å². The molecule has 0 fully saturated rings. The second-order valence-electron chi connectivity index (χ2n) is 3.13. The molecular weight excluding hydrogens is 164 g/mol. The first-order valence-electron chi connectivity index (χ1n) is 4.06. The average molecular weight is 175 g/mol. The van der Waals surface area contributed by atoms with E-state index in [1.807, 2.05) is 30.6 Å². The van der Waals surface area contributed by atoms with Crippen LogP contribution in [-0.4, -0.2) is 28.6 Å². The van der Waals surface area contributed by atoms with Gasteiger partial charge < -0.3 is 4.90 Å². The number of rotatable bonds is 1. The van der Waals surface area contributed by atoms with E-state index in [1.54, 1.807) is 12.3 Å². The van der Waals surface area contributed by atoms with Crippen molar-refractivity contribution in [3.8, 4) is 0 Å². The molecule has 4 heteroatoms. The highest BCUT2D eigenvalue weighted by atomic mass is 15.3. The molecule has 4 nitrogen and oxygen atoms in total. The number of anilines is 1. The van der Waals surface area contributed by atoms with Gasteiger partial charge in [-0.25, -0.2) is 9.97 Å². The number of nitrogens with zero attached hydrogens (tertiary/aromatic N) is 4. The molecule has 0 aliphatic rings. The minimum Gasteiger partial charge on any atom is -0.348 e. The van der Waals surface area contributed by atoms with Crippen molar-refractivity contribution in [3.63, 3.8) is 0 Å². The summed E-state index contributed by atoms with van der Waals surface area (Å²) in [6.07, 6.45) is 1.73. The van der Waals surface area contributed by atoms with Crippen molar-refractivity contribution in [2.75, 3.05) is 19.0 Å². The topological polar surface area (TPSA) is 34.0 Å². The van der Waals surface area contributed by atoms with Crippen molar-refractivity contribution in [3.05, 3.63) is 18.3 Å². The van der Waals surface area contributed by atoms with Crippen LogP contribution < -0.4 is 4.90 Å². The minimum absolute atomic E-state index is 0.814. The summed E-state index contributed by atoms with van der Waals surface area (Å²) in [6.45, 7) is 0. The molecule has 0 aliphatic heterocycles. The average Bonchev–Trinajstić information content (AvgIpc) is 2.45. The molecule has 0 amide bonds. The van der Waals surface area contributed by atoms with Gasteiger partial charge in [0, 0.05) is 33.4 Å². The van der Waals surface area contributed by atoms with Crippen LogP contribution >= 0.6 is 0 Å². The predicted molar refractivity (Wildman–Crippen MR) is 51.7 cm³/mol. The van der Waals surface area contributed by atoms with Crippen LogP contribution in [0.15, 0.2) is 12.3 Å². The molecule has 0 aliphatic carbocycles. The first-order valence-corrected chi connectivity index (χ1v) is 4.06. The maximum Gasteiger partial charge on any atom is 0.207 e. The van der Waals surface area contributed by atoms with E-state index in [2.05, 4.69) is 16.0 Å². The Hall–Kier alpha value is -1.58. The fraction of sp³-hybridized carbons (Fsp3) is 0.333. The maximum atomic E-state index is 4.38. The Morgan fingerprint density at radius 1 is 1.46 bits per heavy atom. The number of aromatic nitrogens is 3. The summed E-state index contributed by atoms with van der Waals surface area (Å²) in [5.74, 6) is 0.893. The lowest BCUT2D eigenvalue weighted by atomic mass is 10.4. The summed E-state index contributed by atoms with van der Waals surface area (Å²) in [4.78, 5) is 10.6. The smallest absolute Gasteiger partial charge is 0.207 e. The van der Waals surface area contributed by atoms with Crippen LogP contribution in [0.4, 0.5) is 5.95 Å². The van der Waals surface area contributed by atoms with E-state index >= 15 is 0 Å². The van der Waals surface area contributed by atoms with E-state index in [0.717, 1.165) is 17.1 Å². The standard InChI is InChI=1S/C9H11N4/c1-12(2)9-11-7-5-4-6-10-8(7)13(9)3/h4,6H,1-3H3. The number of pyridine rings is 1. The molecule has 0 N–H and O–H groups in total. The summed E-state index contributed by atoms with van der Waals surface area (Å²) in [6, 6.07) is 4.82. The molecule has 2 rings (SSSR count). The van der Waals surface area contributed by atoms with Crippen molar-refractivity contribution in [1.29, 1.82) is 0 Å². The Morgan fingerprint density at radius 2 is 2.23 bits per heavy atom. The van der Waals surface area contributed by atoms with Crippen LogP contribution in [0.2, 0.25) is 0 Å². The highest BCUT2D eigenvalue weighted by Gasteiger charge is 2.08.